The van der Waals surface area contributed by atoms with Crippen molar-refractivity contribution in [2.24, 2.45) is 0 Å². The summed E-state index contributed by atoms with van der Waals surface area (Å²) in [5.74, 6) is -0.961. The highest BCUT2D eigenvalue weighted by molar-refractivity contribution is 7.89. The zero-order valence-corrected chi connectivity index (χ0v) is 19.3. The highest BCUT2D eigenvalue weighted by Crippen LogP contribution is 2.36. The van der Waals surface area contributed by atoms with Crippen molar-refractivity contribution in [3.05, 3.63) is 59.7 Å². The van der Waals surface area contributed by atoms with Gasteiger partial charge >= 0.3 is 5.97 Å². The van der Waals surface area contributed by atoms with Crippen molar-refractivity contribution in [1.29, 1.82) is 0 Å². The number of nitrogens with zero attached hydrogens (tertiary/aromatic N) is 1. The minimum Gasteiger partial charge on any atom is -0.465 e. The Labute approximate surface area is 191 Å². The average molecular weight is 473 g/mol. The number of esters is 1. The molecule has 0 spiro atoms. The van der Waals surface area contributed by atoms with Crippen molar-refractivity contribution in [3.8, 4) is 0 Å². The molecule has 168 valence electrons. The molecule has 2 aromatic carbocycles. The molecular weight excluding hydrogens is 448 g/mol. The maximum atomic E-state index is 12.9. The molecule has 0 radical (unpaired) electrons. The molecule has 0 saturated carbocycles. The molecule has 0 bridgehead atoms. The van der Waals surface area contributed by atoms with Gasteiger partial charge in [-0.1, -0.05) is 31.0 Å². The monoisotopic (exact) mass is 472 g/mol. The second-order valence-electron chi connectivity index (χ2n) is 7.59. The summed E-state index contributed by atoms with van der Waals surface area (Å²) in [6.45, 7) is 1.04. The maximum Gasteiger partial charge on any atom is 0.341 e. The maximum absolute atomic E-state index is 12.9. The number of fused-ring (bicyclic) bond motifs is 1. The minimum atomic E-state index is -3.58. The van der Waals surface area contributed by atoms with Crippen LogP contribution in [0.4, 0.5) is 5.00 Å². The summed E-state index contributed by atoms with van der Waals surface area (Å²) in [5, 5.41) is 3.88. The number of benzene rings is 2. The van der Waals surface area contributed by atoms with Gasteiger partial charge in [-0.05, 0) is 43.2 Å². The summed E-state index contributed by atoms with van der Waals surface area (Å²) in [5.41, 5.74) is 0.606. The zero-order valence-electron chi connectivity index (χ0n) is 17.7. The molecule has 9 heteroatoms. The lowest BCUT2D eigenvalue weighted by Crippen LogP contribution is -2.31. The Morgan fingerprint density at radius 1 is 0.969 bits per heavy atom. The molecule has 1 fully saturated rings. The summed E-state index contributed by atoms with van der Waals surface area (Å²) < 4.78 is 33.1. The van der Waals surface area contributed by atoms with E-state index in [9.17, 15) is 18.0 Å². The second kappa shape index (κ2) is 9.40. The van der Waals surface area contributed by atoms with Crippen LogP contribution in [0.5, 0.6) is 0 Å². The normalized spacial score (nSPS) is 15.3. The Morgan fingerprint density at radius 2 is 1.62 bits per heavy atom. The third-order valence-electron chi connectivity index (χ3n) is 5.53. The summed E-state index contributed by atoms with van der Waals surface area (Å²) in [7, 11) is -2.29. The predicted molar refractivity (Wildman–Crippen MR) is 125 cm³/mol. The van der Waals surface area contributed by atoms with Gasteiger partial charge in [-0.15, -0.1) is 11.3 Å². The van der Waals surface area contributed by atoms with E-state index in [0.29, 0.717) is 34.6 Å². The lowest BCUT2D eigenvalue weighted by atomic mass is 10.1. The van der Waals surface area contributed by atoms with Crippen LogP contribution in [0, 0.1) is 0 Å². The first-order valence-corrected chi connectivity index (χ1v) is 12.7. The molecular formula is C23H24N2O5S2. The van der Waals surface area contributed by atoms with E-state index in [4.69, 9.17) is 4.74 Å². The highest BCUT2D eigenvalue weighted by Gasteiger charge is 2.26. The SMILES string of the molecule is COC(=O)c1c(NC(=O)c2ccc(S(=O)(=O)N3CCCCCC3)cc2)sc2ccccc12. The van der Waals surface area contributed by atoms with Crippen LogP contribution in [0.3, 0.4) is 0 Å². The van der Waals surface area contributed by atoms with Crippen LogP contribution < -0.4 is 5.32 Å². The van der Waals surface area contributed by atoms with Crippen LogP contribution >= 0.6 is 11.3 Å². The predicted octanol–water partition coefficient (Wildman–Crippen LogP) is 4.50. The smallest absolute Gasteiger partial charge is 0.341 e. The van der Waals surface area contributed by atoms with Crippen molar-refractivity contribution in [1.82, 2.24) is 4.31 Å². The fraction of sp³-hybridized carbons (Fsp3) is 0.304. The van der Waals surface area contributed by atoms with Crippen molar-refractivity contribution < 1.29 is 22.7 Å². The van der Waals surface area contributed by atoms with E-state index in [1.807, 2.05) is 18.2 Å². The van der Waals surface area contributed by atoms with Gasteiger partial charge in [0.15, 0.2) is 0 Å². The van der Waals surface area contributed by atoms with Crippen LogP contribution in [0.15, 0.2) is 53.4 Å². The van der Waals surface area contributed by atoms with Gasteiger partial charge in [-0.3, -0.25) is 4.79 Å². The van der Waals surface area contributed by atoms with Gasteiger partial charge < -0.3 is 10.1 Å². The van der Waals surface area contributed by atoms with Gasteiger partial charge in [0, 0.05) is 28.7 Å². The largest absolute Gasteiger partial charge is 0.465 e. The van der Waals surface area contributed by atoms with Crippen molar-refractivity contribution in [2.45, 2.75) is 30.6 Å². The highest BCUT2D eigenvalue weighted by atomic mass is 32.2. The standard InChI is InChI=1S/C23H24N2O5S2/c1-30-23(27)20-18-8-4-5-9-19(18)31-22(20)24-21(26)16-10-12-17(13-11-16)32(28,29)25-14-6-2-3-7-15-25/h4-5,8-13H,2-3,6-7,14-15H2,1H3,(H,24,26). The van der Waals surface area contributed by atoms with E-state index in [2.05, 4.69) is 5.32 Å². The Morgan fingerprint density at radius 3 is 2.28 bits per heavy atom. The fourth-order valence-corrected chi connectivity index (χ4v) is 6.43. The van der Waals surface area contributed by atoms with E-state index in [1.54, 1.807) is 6.07 Å². The molecule has 32 heavy (non-hydrogen) atoms. The molecule has 1 amide bonds. The number of sulfonamides is 1. The third-order valence-corrected chi connectivity index (χ3v) is 8.53. The third kappa shape index (κ3) is 4.41. The number of rotatable bonds is 5. The van der Waals surface area contributed by atoms with Crippen LogP contribution in [0.25, 0.3) is 10.1 Å². The van der Waals surface area contributed by atoms with E-state index < -0.39 is 21.9 Å². The van der Waals surface area contributed by atoms with E-state index in [-0.39, 0.29) is 4.90 Å². The van der Waals surface area contributed by atoms with Crippen LogP contribution in [0.1, 0.15) is 46.4 Å². The Hall–Kier alpha value is -2.75. The lowest BCUT2D eigenvalue weighted by molar-refractivity contribution is 0.0604. The first-order chi connectivity index (χ1) is 15.4. The van der Waals surface area contributed by atoms with Gasteiger partial charge in [-0.2, -0.15) is 4.31 Å². The zero-order chi connectivity index (χ0) is 22.7. The second-order valence-corrected chi connectivity index (χ2v) is 10.6. The number of amides is 1. The topological polar surface area (TPSA) is 92.8 Å². The van der Waals surface area contributed by atoms with Gasteiger partial charge in [0.1, 0.15) is 10.6 Å². The molecule has 4 rings (SSSR count). The molecule has 0 aliphatic carbocycles. The average Bonchev–Trinajstić information content (AvgIpc) is 2.96. The molecule has 1 N–H and O–H groups in total. The summed E-state index contributed by atoms with van der Waals surface area (Å²) in [6.07, 6.45) is 3.79. The Bertz CT molecular complexity index is 1240. The van der Waals surface area contributed by atoms with Crippen LogP contribution in [-0.2, 0) is 14.8 Å². The lowest BCUT2D eigenvalue weighted by Gasteiger charge is -2.20. The van der Waals surface area contributed by atoms with Gasteiger partial charge in [0.2, 0.25) is 10.0 Å². The molecule has 1 aromatic heterocycles. The molecule has 1 aliphatic rings. The van der Waals surface area contributed by atoms with E-state index in [0.717, 1.165) is 30.4 Å². The molecule has 3 aromatic rings. The number of nitrogens with one attached hydrogen (secondary N) is 1. The minimum absolute atomic E-state index is 0.174. The van der Waals surface area contributed by atoms with Crippen molar-refractivity contribution in [2.75, 3.05) is 25.5 Å². The number of hydrogen-bond acceptors (Lipinski definition) is 6. The van der Waals surface area contributed by atoms with Gasteiger partial charge in [-0.25, -0.2) is 13.2 Å². The number of thiophene rings is 1. The van der Waals surface area contributed by atoms with Crippen molar-refractivity contribution in [3.63, 3.8) is 0 Å². The number of anilines is 1. The molecule has 0 atom stereocenters. The Kier molecular flexibility index (Phi) is 6.59. The van der Waals surface area contributed by atoms with Gasteiger partial charge in [0.05, 0.1) is 12.0 Å². The number of ether oxygens (including phenoxy) is 1. The molecule has 7 nitrogen and oxygen atoms in total. The molecule has 1 aliphatic heterocycles. The molecule has 2 heterocycles. The summed E-state index contributed by atoms with van der Waals surface area (Å²) in [6, 6.07) is 13.2. The van der Waals surface area contributed by atoms with E-state index >= 15 is 0 Å². The first kappa shape index (κ1) is 22.4. The van der Waals surface area contributed by atoms with E-state index in [1.165, 1.54) is 47.0 Å². The number of carbonyl (C=O) groups excluding carboxylic acids is 2. The number of carbonyl (C=O) groups is 2. The van der Waals surface area contributed by atoms with Gasteiger partial charge in [0.25, 0.3) is 5.91 Å². The first-order valence-electron chi connectivity index (χ1n) is 10.4. The van der Waals surface area contributed by atoms with Crippen LogP contribution in [0.2, 0.25) is 0 Å². The quantitative estimate of drug-likeness (QED) is 0.552. The summed E-state index contributed by atoms with van der Waals surface area (Å²) >= 11 is 1.28. The molecule has 1 saturated heterocycles. The van der Waals surface area contributed by atoms with Crippen LogP contribution in [-0.4, -0.2) is 44.8 Å². The van der Waals surface area contributed by atoms with Crippen molar-refractivity contribution >= 4 is 48.3 Å². The summed E-state index contributed by atoms with van der Waals surface area (Å²) in [4.78, 5) is 25.3. The number of hydrogen-bond donors (Lipinski definition) is 1. The molecule has 0 unspecified atom stereocenters. The Balaban J connectivity index is 1.57. The fourth-order valence-electron chi connectivity index (χ4n) is 3.82. The number of methoxy groups -OCH3 is 1.